The maximum absolute atomic E-state index is 12.8. The SMILES string of the molecule is CC(C)[C@H](NC(=O)COC(CN1C(=O)C=CC1=O)CN1C(=O)C=CC1=O)C(=O)NCC(=O)Nc1ccc(CO)cc1. The van der Waals surface area contributed by atoms with Gasteiger partial charge in [0.2, 0.25) is 17.7 Å². The maximum atomic E-state index is 12.8. The van der Waals surface area contributed by atoms with Crippen LogP contribution in [-0.4, -0.2) is 94.6 Å². The molecule has 0 unspecified atom stereocenters. The van der Waals surface area contributed by atoms with E-state index in [1.165, 1.54) is 0 Å². The number of carbonyl (C=O) groups is 7. The summed E-state index contributed by atoms with van der Waals surface area (Å²) in [5, 5.41) is 16.7. The summed E-state index contributed by atoms with van der Waals surface area (Å²) >= 11 is 0. The molecule has 0 aromatic heterocycles. The van der Waals surface area contributed by atoms with Crippen molar-refractivity contribution in [2.24, 2.45) is 5.92 Å². The van der Waals surface area contributed by atoms with Crippen LogP contribution in [0.1, 0.15) is 19.4 Å². The van der Waals surface area contributed by atoms with Crippen molar-refractivity contribution in [2.75, 3.05) is 31.6 Å². The third kappa shape index (κ3) is 8.65. The summed E-state index contributed by atoms with van der Waals surface area (Å²) in [7, 11) is 0. The van der Waals surface area contributed by atoms with Gasteiger partial charge in [-0.3, -0.25) is 43.4 Å². The Hall–Kier alpha value is -4.69. The Balaban J connectivity index is 1.54. The van der Waals surface area contributed by atoms with Crippen LogP contribution in [0.5, 0.6) is 0 Å². The Morgan fingerprint density at radius 2 is 1.34 bits per heavy atom. The molecule has 41 heavy (non-hydrogen) atoms. The standard InChI is InChI=1S/C27H31N5O9/c1-16(2)26(27(40)28-11-20(34)29-18-5-3-17(14-33)4-6-18)30-21(35)15-41-19(12-31-22(36)7-8-23(31)37)13-32-24(38)9-10-25(32)39/h3-10,16,19,26,33H,11-15H2,1-2H3,(H,28,40)(H,29,34)(H,30,35)/t26-/m0/s1. The Morgan fingerprint density at radius 3 is 1.80 bits per heavy atom. The van der Waals surface area contributed by atoms with Crippen molar-refractivity contribution in [2.45, 2.75) is 32.6 Å². The van der Waals surface area contributed by atoms with Gasteiger partial charge in [-0.15, -0.1) is 0 Å². The zero-order valence-corrected chi connectivity index (χ0v) is 22.5. The predicted molar refractivity (Wildman–Crippen MR) is 142 cm³/mol. The zero-order chi connectivity index (χ0) is 30.1. The summed E-state index contributed by atoms with van der Waals surface area (Å²) in [5.74, 6) is -4.63. The van der Waals surface area contributed by atoms with Crippen LogP contribution in [0.2, 0.25) is 0 Å². The van der Waals surface area contributed by atoms with Crippen LogP contribution in [0.3, 0.4) is 0 Å². The minimum absolute atomic E-state index is 0.136. The van der Waals surface area contributed by atoms with Crippen LogP contribution in [0.25, 0.3) is 0 Å². The van der Waals surface area contributed by atoms with E-state index in [2.05, 4.69) is 16.0 Å². The monoisotopic (exact) mass is 569 g/mol. The first kappa shape index (κ1) is 30.8. The lowest BCUT2D eigenvalue weighted by molar-refractivity contribution is -0.143. The fourth-order valence-corrected chi connectivity index (χ4v) is 3.91. The van der Waals surface area contributed by atoms with E-state index >= 15 is 0 Å². The van der Waals surface area contributed by atoms with Crippen molar-refractivity contribution in [3.8, 4) is 0 Å². The highest BCUT2D eigenvalue weighted by molar-refractivity contribution is 6.13. The largest absolute Gasteiger partial charge is 0.392 e. The van der Waals surface area contributed by atoms with Crippen molar-refractivity contribution in [3.05, 3.63) is 54.1 Å². The van der Waals surface area contributed by atoms with Crippen LogP contribution in [0.4, 0.5) is 5.69 Å². The van der Waals surface area contributed by atoms with Gasteiger partial charge in [-0.2, -0.15) is 0 Å². The number of carbonyl (C=O) groups excluding carboxylic acids is 7. The molecule has 1 atom stereocenters. The fraction of sp³-hybridized carbons (Fsp3) is 0.370. The van der Waals surface area contributed by atoms with E-state index in [1.54, 1.807) is 38.1 Å². The van der Waals surface area contributed by atoms with E-state index in [0.717, 1.165) is 34.1 Å². The number of benzene rings is 1. The minimum atomic E-state index is -1.08. The average Bonchev–Trinajstić information content (AvgIpc) is 3.43. The van der Waals surface area contributed by atoms with Gasteiger partial charge in [0.1, 0.15) is 12.6 Å². The third-order valence-electron chi connectivity index (χ3n) is 6.13. The van der Waals surface area contributed by atoms with Crippen LogP contribution in [0, 0.1) is 5.92 Å². The summed E-state index contributed by atoms with van der Waals surface area (Å²) in [4.78, 5) is 87.4. The molecule has 0 saturated heterocycles. The molecule has 0 fully saturated rings. The molecule has 0 bridgehead atoms. The first-order valence-electron chi connectivity index (χ1n) is 12.7. The molecule has 1 aromatic carbocycles. The molecule has 14 heteroatoms. The molecule has 4 N–H and O–H groups in total. The quantitative estimate of drug-likeness (QED) is 0.195. The molecule has 2 aliphatic heterocycles. The van der Waals surface area contributed by atoms with E-state index in [-0.39, 0.29) is 32.2 Å². The lowest BCUT2D eigenvalue weighted by Crippen LogP contribution is -2.52. The number of anilines is 1. The number of ether oxygens (including phenoxy) is 1. The number of hydrogen-bond donors (Lipinski definition) is 4. The van der Waals surface area contributed by atoms with Gasteiger partial charge in [-0.25, -0.2) is 0 Å². The molecular weight excluding hydrogens is 538 g/mol. The van der Waals surface area contributed by atoms with Crippen LogP contribution < -0.4 is 16.0 Å². The number of imide groups is 2. The van der Waals surface area contributed by atoms with Gasteiger partial charge >= 0.3 is 0 Å². The number of nitrogens with one attached hydrogen (secondary N) is 3. The molecule has 0 spiro atoms. The first-order chi connectivity index (χ1) is 19.5. The molecule has 0 saturated carbocycles. The summed E-state index contributed by atoms with van der Waals surface area (Å²) < 4.78 is 5.59. The van der Waals surface area contributed by atoms with Gasteiger partial charge in [0, 0.05) is 30.0 Å². The highest BCUT2D eigenvalue weighted by Gasteiger charge is 2.32. The lowest BCUT2D eigenvalue weighted by atomic mass is 10.0. The molecule has 3 rings (SSSR count). The zero-order valence-electron chi connectivity index (χ0n) is 22.5. The molecule has 1 aromatic rings. The lowest BCUT2D eigenvalue weighted by Gasteiger charge is -2.27. The van der Waals surface area contributed by atoms with E-state index in [9.17, 15) is 33.6 Å². The molecule has 2 heterocycles. The highest BCUT2D eigenvalue weighted by atomic mass is 16.5. The van der Waals surface area contributed by atoms with E-state index in [0.29, 0.717) is 11.3 Å². The highest BCUT2D eigenvalue weighted by Crippen LogP contribution is 2.12. The molecule has 218 valence electrons. The van der Waals surface area contributed by atoms with Crippen molar-refractivity contribution in [1.82, 2.24) is 20.4 Å². The van der Waals surface area contributed by atoms with Gasteiger partial charge in [0.05, 0.1) is 32.3 Å². The Morgan fingerprint density at radius 1 is 0.829 bits per heavy atom. The predicted octanol–water partition coefficient (Wildman–Crippen LogP) is -1.39. The number of aliphatic hydroxyl groups excluding tert-OH is 1. The van der Waals surface area contributed by atoms with Crippen molar-refractivity contribution in [1.29, 1.82) is 0 Å². The molecule has 7 amide bonds. The Labute approximate surface area is 235 Å². The van der Waals surface area contributed by atoms with Crippen molar-refractivity contribution in [3.63, 3.8) is 0 Å². The molecule has 0 radical (unpaired) electrons. The van der Waals surface area contributed by atoms with E-state index in [1.807, 2.05) is 0 Å². The molecule has 2 aliphatic rings. The summed E-state index contributed by atoms with van der Waals surface area (Å²) in [6, 6.07) is 5.46. The van der Waals surface area contributed by atoms with Crippen LogP contribution in [-0.2, 0) is 44.9 Å². The average molecular weight is 570 g/mol. The minimum Gasteiger partial charge on any atom is -0.392 e. The summed E-state index contributed by atoms with van der Waals surface area (Å²) in [6.07, 6.45) is 3.19. The second-order valence-electron chi connectivity index (χ2n) is 9.58. The van der Waals surface area contributed by atoms with Crippen molar-refractivity contribution < 1.29 is 43.4 Å². The van der Waals surface area contributed by atoms with Gasteiger partial charge in [0.15, 0.2) is 0 Å². The second-order valence-corrected chi connectivity index (χ2v) is 9.58. The number of hydrogen-bond acceptors (Lipinski definition) is 9. The molecule has 0 aliphatic carbocycles. The smallest absolute Gasteiger partial charge is 0.253 e. The van der Waals surface area contributed by atoms with E-state index < -0.39 is 60.1 Å². The topological polar surface area (TPSA) is 192 Å². The van der Waals surface area contributed by atoms with Gasteiger partial charge in [-0.1, -0.05) is 26.0 Å². The third-order valence-corrected chi connectivity index (χ3v) is 6.13. The molecule has 14 nitrogen and oxygen atoms in total. The number of aliphatic hydroxyl groups is 1. The van der Waals surface area contributed by atoms with Gasteiger partial charge in [-0.05, 0) is 23.6 Å². The first-order valence-corrected chi connectivity index (χ1v) is 12.7. The molecular formula is C27H31N5O9. The van der Waals surface area contributed by atoms with Crippen LogP contribution in [0.15, 0.2) is 48.6 Å². The number of nitrogens with zero attached hydrogens (tertiary/aromatic N) is 2. The van der Waals surface area contributed by atoms with Crippen molar-refractivity contribution >= 4 is 47.0 Å². The Bertz CT molecular complexity index is 1190. The van der Waals surface area contributed by atoms with Crippen LogP contribution >= 0.6 is 0 Å². The second kappa shape index (κ2) is 14.1. The van der Waals surface area contributed by atoms with Gasteiger partial charge in [0.25, 0.3) is 23.6 Å². The number of amides is 7. The summed E-state index contributed by atoms with van der Waals surface area (Å²) in [6.45, 7) is 1.62. The normalized spacial score (nSPS) is 15.3. The Kier molecular flexibility index (Phi) is 10.6. The van der Waals surface area contributed by atoms with E-state index in [4.69, 9.17) is 9.84 Å². The number of rotatable bonds is 14. The summed E-state index contributed by atoms with van der Waals surface area (Å²) in [5.41, 5.74) is 1.15. The fourth-order valence-electron chi connectivity index (χ4n) is 3.91. The van der Waals surface area contributed by atoms with Gasteiger partial charge < -0.3 is 25.8 Å². The maximum Gasteiger partial charge on any atom is 0.253 e.